The average molecular weight is 483 g/mol. The first kappa shape index (κ1) is 25.6. The summed E-state index contributed by atoms with van der Waals surface area (Å²) in [7, 11) is 5.96. The number of fused-ring (bicyclic) bond motifs is 3. The molecule has 2 N–H and O–H groups in total. The predicted molar refractivity (Wildman–Crippen MR) is 130 cm³/mol. The third kappa shape index (κ3) is 5.40. The SMILES string of the molecule is C/C=C/C(=O)NCC(=O)N[C@H]1CCc2cc(OC)c(OC)c(OC)c2-c2ccc(C(=O)OC)cc21. The summed E-state index contributed by atoms with van der Waals surface area (Å²) in [6.07, 6.45) is 4.07. The number of rotatable bonds is 8. The van der Waals surface area contributed by atoms with Crippen molar-refractivity contribution in [1.29, 1.82) is 0 Å². The minimum absolute atomic E-state index is 0.177. The molecule has 0 saturated carbocycles. The standard InChI is InChI=1S/C26H30N2O7/c1-6-7-21(29)27-14-22(30)28-19-11-9-15-13-20(32-2)24(33-3)25(34-4)23(15)17-10-8-16(12-18(17)19)26(31)35-5/h6-8,10,12-13,19H,9,11,14H2,1-5H3,(H,27,29)(H,28,30)/b7-6+/t19-/m0/s1. The van der Waals surface area contributed by atoms with Crippen LogP contribution in [-0.4, -0.2) is 52.8 Å². The number of aryl methyl sites for hydroxylation is 1. The van der Waals surface area contributed by atoms with E-state index in [1.807, 2.05) is 12.1 Å². The smallest absolute Gasteiger partial charge is 0.337 e. The lowest BCUT2D eigenvalue weighted by atomic mass is 9.92. The first-order valence-corrected chi connectivity index (χ1v) is 11.1. The van der Waals surface area contributed by atoms with Crippen molar-refractivity contribution in [1.82, 2.24) is 10.6 Å². The van der Waals surface area contributed by atoms with E-state index in [9.17, 15) is 14.4 Å². The van der Waals surface area contributed by atoms with Crippen molar-refractivity contribution in [3.8, 4) is 28.4 Å². The molecule has 0 fully saturated rings. The Hall–Kier alpha value is -4.01. The Bertz CT molecular complexity index is 1160. The van der Waals surface area contributed by atoms with Crippen LogP contribution in [0.3, 0.4) is 0 Å². The van der Waals surface area contributed by atoms with Crippen molar-refractivity contribution in [2.24, 2.45) is 0 Å². The highest BCUT2D eigenvalue weighted by Gasteiger charge is 2.30. The Morgan fingerprint density at radius 1 is 1.03 bits per heavy atom. The quantitative estimate of drug-likeness (QED) is 0.439. The zero-order chi connectivity index (χ0) is 25.5. The van der Waals surface area contributed by atoms with E-state index >= 15 is 0 Å². The number of carbonyl (C=O) groups excluding carboxylic acids is 3. The van der Waals surface area contributed by atoms with Gasteiger partial charge in [-0.3, -0.25) is 9.59 Å². The van der Waals surface area contributed by atoms with Crippen LogP contribution in [0.15, 0.2) is 36.4 Å². The maximum absolute atomic E-state index is 12.7. The van der Waals surface area contributed by atoms with Crippen LogP contribution in [0.1, 0.15) is 40.9 Å². The molecule has 9 nitrogen and oxygen atoms in total. The van der Waals surface area contributed by atoms with Crippen LogP contribution in [0, 0.1) is 0 Å². The van der Waals surface area contributed by atoms with Gasteiger partial charge in [-0.2, -0.15) is 0 Å². The molecule has 35 heavy (non-hydrogen) atoms. The third-order valence-electron chi connectivity index (χ3n) is 5.81. The van der Waals surface area contributed by atoms with Gasteiger partial charge in [0.2, 0.25) is 17.6 Å². The summed E-state index contributed by atoms with van der Waals surface area (Å²) < 4.78 is 21.8. The van der Waals surface area contributed by atoms with E-state index in [2.05, 4.69) is 10.6 Å². The highest BCUT2D eigenvalue weighted by molar-refractivity contribution is 5.93. The van der Waals surface area contributed by atoms with Crippen LogP contribution < -0.4 is 24.8 Å². The molecule has 2 amide bonds. The van der Waals surface area contributed by atoms with Crippen molar-refractivity contribution < 1.29 is 33.3 Å². The number of carbonyl (C=O) groups is 3. The summed E-state index contributed by atoms with van der Waals surface area (Å²) in [6.45, 7) is 1.54. The molecule has 0 aliphatic heterocycles. The number of nitrogens with one attached hydrogen (secondary N) is 2. The zero-order valence-corrected chi connectivity index (χ0v) is 20.5. The van der Waals surface area contributed by atoms with Gasteiger partial charge in [0.15, 0.2) is 11.5 Å². The second-order valence-corrected chi connectivity index (χ2v) is 7.85. The maximum atomic E-state index is 12.7. The molecule has 0 aromatic heterocycles. The van der Waals surface area contributed by atoms with E-state index in [1.54, 1.807) is 39.4 Å². The van der Waals surface area contributed by atoms with Gasteiger partial charge in [0, 0.05) is 5.56 Å². The minimum Gasteiger partial charge on any atom is -0.493 e. The Balaban J connectivity index is 2.10. The Morgan fingerprint density at radius 3 is 2.40 bits per heavy atom. The fourth-order valence-corrected chi connectivity index (χ4v) is 4.25. The topological polar surface area (TPSA) is 112 Å². The molecule has 0 saturated heterocycles. The number of amides is 2. The van der Waals surface area contributed by atoms with Crippen LogP contribution in [0.25, 0.3) is 11.1 Å². The Kier molecular flexibility index (Phi) is 8.35. The molecule has 1 aliphatic carbocycles. The normalized spacial score (nSPS) is 14.3. The molecule has 1 atom stereocenters. The third-order valence-corrected chi connectivity index (χ3v) is 5.81. The van der Waals surface area contributed by atoms with E-state index in [0.29, 0.717) is 35.7 Å². The highest BCUT2D eigenvalue weighted by Crippen LogP contribution is 2.50. The van der Waals surface area contributed by atoms with Gasteiger partial charge in [-0.15, -0.1) is 0 Å². The van der Waals surface area contributed by atoms with E-state index in [4.69, 9.17) is 18.9 Å². The van der Waals surface area contributed by atoms with E-state index in [-0.39, 0.29) is 18.4 Å². The summed E-state index contributed by atoms with van der Waals surface area (Å²) in [5, 5.41) is 5.54. The van der Waals surface area contributed by atoms with Gasteiger partial charge in [0.25, 0.3) is 0 Å². The monoisotopic (exact) mass is 482 g/mol. The number of hydrogen-bond donors (Lipinski definition) is 2. The van der Waals surface area contributed by atoms with Crippen molar-refractivity contribution in [3.05, 3.63) is 53.1 Å². The molecule has 1 aliphatic rings. The number of hydrogen-bond acceptors (Lipinski definition) is 7. The van der Waals surface area contributed by atoms with E-state index in [1.165, 1.54) is 20.3 Å². The van der Waals surface area contributed by atoms with Crippen LogP contribution in [-0.2, 0) is 20.7 Å². The van der Waals surface area contributed by atoms with E-state index < -0.39 is 12.0 Å². The molecule has 2 aromatic rings. The first-order valence-electron chi connectivity index (χ1n) is 11.1. The zero-order valence-electron chi connectivity index (χ0n) is 20.5. The van der Waals surface area contributed by atoms with Gasteiger partial charge in [-0.1, -0.05) is 12.1 Å². The van der Waals surface area contributed by atoms with Crippen molar-refractivity contribution >= 4 is 17.8 Å². The second-order valence-electron chi connectivity index (χ2n) is 7.85. The van der Waals surface area contributed by atoms with Gasteiger partial charge < -0.3 is 29.6 Å². The average Bonchev–Trinajstić information content (AvgIpc) is 3.02. The molecule has 9 heteroatoms. The molecule has 2 aromatic carbocycles. The van der Waals surface area contributed by atoms with Gasteiger partial charge in [-0.25, -0.2) is 4.79 Å². The number of benzene rings is 2. The van der Waals surface area contributed by atoms with Crippen molar-refractivity contribution in [3.63, 3.8) is 0 Å². The summed E-state index contributed by atoms with van der Waals surface area (Å²) >= 11 is 0. The summed E-state index contributed by atoms with van der Waals surface area (Å²) in [5.74, 6) is 0.291. The number of allylic oxidation sites excluding steroid dienone is 1. The first-order chi connectivity index (χ1) is 16.9. The lowest BCUT2D eigenvalue weighted by molar-refractivity contribution is -0.124. The lowest BCUT2D eigenvalue weighted by Gasteiger charge is -2.22. The van der Waals surface area contributed by atoms with Crippen LogP contribution >= 0.6 is 0 Å². The number of esters is 1. The number of ether oxygens (including phenoxy) is 4. The maximum Gasteiger partial charge on any atom is 0.337 e. The molecule has 3 rings (SSSR count). The van der Waals surface area contributed by atoms with Gasteiger partial charge in [0.05, 0.1) is 46.6 Å². The fourth-order valence-electron chi connectivity index (χ4n) is 4.25. The largest absolute Gasteiger partial charge is 0.493 e. The summed E-state index contributed by atoms with van der Waals surface area (Å²) in [5.41, 5.74) is 3.62. The molecule has 0 heterocycles. The molecule has 0 bridgehead atoms. The minimum atomic E-state index is -0.486. The summed E-state index contributed by atoms with van der Waals surface area (Å²) in [4.78, 5) is 36.7. The van der Waals surface area contributed by atoms with Gasteiger partial charge in [0.1, 0.15) is 0 Å². The molecule has 186 valence electrons. The second kappa shape index (κ2) is 11.4. The molecule has 0 radical (unpaired) electrons. The molecule has 0 unspecified atom stereocenters. The lowest BCUT2D eigenvalue weighted by Crippen LogP contribution is -2.38. The van der Waals surface area contributed by atoms with Crippen molar-refractivity contribution in [2.45, 2.75) is 25.8 Å². The molecule has 0 spiro atoms. The van der Waals surface area contributed by atoms with Gasteiger partial charge in [-0.05, 0) is 60.7 Å². The molecular formula is C26H30N2O7. The fraction of sp³-hybridized carbons (Fsp3) is 0.346. The Labute approximate surface area is 204 Å². The van der Waals surface area contributed by atoms with Crippen LogP contribution in [0.2, 0.25) is 0 Å². The van der Waals surface area contributed by atoms with Gasteiger partial charge >= 0.3 is 5.97 Å². The van der Waals surface area contributed by atoms with E-state index in [0.717, 1.165) is 22.3 Å². The predicted octanol–water partition coefficient (Wildman–Crippen LogP) is 2.96. The summed E-state index contributed by atoms with van der Waals surface area (Å²) in [6, 6.07) is 6.67. The Morgan fingerprint density at radius 2 is 1.77 bits per heavy atom. The van der Waals surface area contributed by atoms with Crippen LogP contribution in [0.5, 0.6) is 17.2 Å². The molecular weight excluding hydrogens is 452 g/mol. The highest BCUT2D eigenvalue weighted by atomic mass is 16.5. The number of methoxy groups -OCH3 is 4. The van der Waals surface area contributed by atoms with Crippen molar-refractivity contribution in [2.75, 3.05) is 35.0 Å². The van der Waals surface area contributed by atoms with Crippen LogP contribution in [0.4, 0.5) is 0 Å².